The van der Waals surface area contributed by atoms with Crippen molar-refractivity contribution < 1.29 is 14.3 Å². The Bertz CT molecular complexity index is 716. The third-order valence-corrected chi connectivity index (χ3v) is 4.38. The quantitative estimate of drug-likeness (QED) is 0.812. The van der Waals surface area contributed by atoms with Gasteiger partial charge in [0.15, 0.2) is 0 Å². The number of likely N-dealkylation sites (tertiary alicyclic amines) is 1. The van der Waals surface area contributed by atoms with Gasteiger partial charge < -0.3 is 14.4 Å². The lowest BCUT2D eigenvalue weighted by Gasteiger charge is -2.32. The van der Waals surface area contributed by atoms with Gasteiger partial charge in [0.05, 0.1) is 12.3 Å². The first-order valence-corrected chi connectivity index (χ1v) is 8.57. The maximum atomic E-state index is 13.0. The molecule has 0 radical (unpaired) electrons. The first kappa shape index (κ1) is 17.4. The normalized spacial score (nSPS) is 17.5. The molecule has 3 heterocycles. The third-order valence-electron chi connectivity index (χ3n) is 4.38. The van der Waals surface area contributed by atoms with Gasteiger partial charge in [0.25, 0.3) is 5.91 Å². The van der Waals surface area contributed by atoms with E-state index in [-0.39, 0.29) is 11.8 Å². The van der Waals surface area contributed by atoms with Crippen LogP contribution in [0.15, 0.2) is 24.4 Å². The zero-order valence-corrected chi connectivity index (χ0v) is 14.7. The lowest BCUT2D eigenvalue weighted by Crippen LogP contribution is -2.39. The summed E-state index contributed by atoms with van der Waals surface area (Å²) in [5.74, 6) is 0.581. The molecule has 0 aliphatic carbocycles. The molecule has 1 saturated heterocycles. The van der Waals surface area contributed by atoms with Crippen LogP contribution in [-0.2, 0) is 4.74 Å². The molecule has 2 aromatic heterocycles. The summed E-state index contributed by atoms with van der Waals surface area (Å²) in [7, 11) is 1.61. The molecule has 0 spiro atoms. The molecule has 1 amide bonds. The molecule has 1 aliphatic heterocycles. The molecule has 0 saturated carbocycles. The Kier molecular flexibility index (Phi) is 5.65. The van der Waals surface area contributed by atoms with Gasteiger partial charge in [0.1, 0.15) is 12.2 Å². The topological polar surface area (TPSA) is 80.3 Å². The number of hydrogen-bond donors (Lipinski definition) is 1. The van der Waals surface area contributed by atoms with Gasteiger partial charge in [-0.15, -0.1) is 0 Å². The number of pyridine rings is 1. The van der Waals surface area contributed by atoms with Crippen LogP contribution in [0.5, 0.6) is 5.88 Å². The van der Waals surface area contributed by atoms with Gasteiger partial charge in [-0.2, -0.15) is 5.10 Å². The number of hydrogen-bond acceptors (Lipinski definition) is 5. The number of aromatic nitrogens is 3. The summed E-state index contributed by atoms with van der Waals surface area (Å²) in [5, 5.41) is 7.34. The van der Waals surface area contributed by atoms with E-state index in [1.54, 1.807) is 25.4 Å². The van der Waals surface area contributed by atoms with E-state index in [0.717, 1.165) is 30.8 Å². The fourth-order valence-corrected chi connectivity index (χ4v) is 3.11. The van der Waals surface area contributed by atoms with Crippen LogP contribution < -0.4 is 4.74 Å². The Hall–Kier alpha value is -2.41. The summed E-state index contributed by atoms with van der Waals surface area (Å²) in [5.41, 5.74) is 2.56. The largest absolute Gasteiger partial charge is 0.475 e. The minimum Gasteiger partial charge on any atom is -0.475 e. The van der Waals surface area contributed by atoms with Crippen molar-refractivity contribution in [2.75, 3.05) is 33.4 Å². The third kappa shape index (κ3) is 4.17. The van der Waals surface area contributed by atoms with Crippen LogP contribution >= 0.6 is 0 Å². The predicted molar refractivity (Wildman–Crippen MR) is 92.8 cm³/mol. The van der Waals surface area contributed by atoms with E-state index in [9.17, 15) is 4.79 Å². The van der Waals surface area contributed by atoms with Gasteiger partial charge in [-0.05, 0) is 38.0 Å². The van der Waals surface area contributed by atoms with Crippen molar-refractivity contribution in [1.82, 2.24) is 20.1 Å². The minimum atomic E-state index is -0.0440. The van der Waals surface area contributed by atoms with E-state index in [0.29, 0.717) is 31.2 Å². The van der Waals surface area contributed by atoms with Crippen LogP contribution in [0.25, 0.3) is 0 Å². The number of amides is 1. The second-order valence-corrected chi connectivity index (χ2v) is 6.26. The summed E-state index contributed by atoms with van der Waals surface area (Å²) >= 11 is 0. The number of ether oxygens (including phenoxy) is 2. The molecular weight excluding hydrogens is 320 g/mol. The standard InChI is InChI=1S/C18H24N4O3/c1-13-11-16(21-20-13)14-5-4-8-22(12-14)18(23)15-6-3-7-19-17(15)25-10-9-24-2/h3,6-7,11,14H,4-5,8-10,12H2,1-2H3,(H,20,21)/t14-/m0/s1. The molecule has 0 bridgehead atoms. The average molecular weight is 344 g/mol. The predicted octanol–water partition coefficient (Wildman–Crippen LogP) is 2.16. The summed E-state index contributed by atoms with van der Waals surface area (Å²) in [6, 6.07) is 5.58. The molecule has 134 valence electrons. The fraction of sp³-hybridized carbons (Fsp3) is 0.500. The second kappa shape index (κ2) is 8.11. The van der Waals surface area contributed by atoms with Crippen LogP contribution in [0, 0.1) is 6.92 Å². The van der Waals surface area contributed by atoms with E-state index in [4.69, 9.17) is 9.47 Å². The molecule has 1 aliphatic rings. The smallest absolute Gasteiger partial charge is 0.259 e. The molecule has 1 atom stereocenters. The molecule has 7 nitrogen and oxygen atoms in total. The van der Waals surface area contributed by atoms with Crippen molar-refractivity contribution in [2.24, 2.45) is 0 Å². The van der Waals surface area contributed by atoms with Crippen molar-refractivity contribution in [3.63, 3.8) is 0 Å². The molecule has 3 rings (SSSR count). The van der Waals surface area contributed by atoms with E-state index in [1.165, 1.54) is 0 Å². The minimum absolute atomic E-state index is 0.0440. The Morgan fingerprint density at radius 1 is 1.44 bits per heavy atom. The molecule has 0 aromatic carbocycles. The van der Waals surface area contributed by atoms with Gasteiger partial charge in [-0.25, -0.2) is 4.98 Å². The SMILES string of the molecule is COCCOc1ncccc1C(=O)N1CCC[C@H](c2cc(C)[nH]n2)C1. The van der Waals surface area contributed by atoms with Crippen molar-refractivity contribution in [3.05, 3.63) is 41.3 Å². The maximum Gasteiger partial charge on any atom is 0.259 e. The zero-order chi connectivity index (χ0) is 17.6. The van der Waals surface area contributed by atoms with Gasteiger partial charge in [0.2, 0.25) is 5.88 Å². The lowest BCUT2D eigenvalue weighted by molar-refractivity contribution is 0.0697. The monoisotopic (exact) mass is 344 g/mol. The lowest BCUT2D eigenvalue weighted by atomic mass is 9.94. The average Bonchev–Trinajstić information content (AvgIpc) is 3.08. The second-order valence-electron chi connectivity index (χ2n) is 6.26. The van der Waals surface area contributed by atoms with Gasteiger partial charge in [-0.1, -0.05) is 0 Å². The summed E-state index contributed by atoms with van der Waals surface area (Å²) in [4.78, 5) is 19.1. The fourth-order valence-electron chi connectivity index (χ4n) is 3.11. The highest BCUT2D eigenvalue weighted by Crippen LogP contribution is 2.28. The Morgan fingerprint density at radius 3 is 3.08 bits per heavy atom. The number of aryl methyl sites for hydroxylation is 1. The summed E-state index contributed by atoms with van der Waals surface area (Å²) in [6.07, 6.45) is 3.63. The van der Waals surface area contributed by atoms with Crippen molar-refractivity contribution >= 4 is 5.91 Å². The van der Waals surface area contributed by atoms with Crippen molar-refractivity contribution in [3.8, 4) is 5.88 Å². The Morgan fingerprint density at radius 2 is 2.32 bits per heavy atom. The van der Waals surface area contributed by atoms with Crippen LogP contribution in [-0.4, -0.2) is 59.4 Å². The number of nitrogens with one attached hydrogen (secondary N) is 1. The van der Waals surface area contributed by atoms with Crippen LogP contribution in [0.4, 0.5) is 0 Å². The highest BCUT2D eigenvalue weighted by molar-refractivity contribution is 5.96. The summed E-state index contributed by atoms with van der Waals surface area (Å²) < 4.78 is 10.6. The number of H-pyrrole nitrogens is 1. The number of methoxy groups -OCH3 is 1. The molecule has 2 aromatic rings. The molecule has 1 N–H and O–H groups in total. The van der Waals surface area contributed by atoms with Gasteiger partial charge >= 0.3 is 0 Å². The number of nitrogens with zero attached hydrogens (tertiary/aromatic N) is 3. The number of rotatable bonds is 6. The molecule has 1 fully saturated rings. The zero-order valence-electron chi connectivity index (χ0n) is 14.7. The van der Waals surface area contributed by atoms with Crippen molar-refractivity contribution in [1.29, 1.82) is 0 Å². The van der Waals surface area contributed by atoms with E-state index in [2.05, 4.69) is 21.2 Å². The number of piperidine rings is 1. The van der Waals surface area contributed by atoms with E-state index >= 15 is 0 Å². The number of carbonyl (C=O) groups is 1. The highest BCUT2D eigenvalue weighted by Gasteiger charge is 2.28. The van der Waals surface area contributed by atoms with Crippen LogP contribution in [0.2, 0.25) is 0 Å². The molecular formula is C18H24N4O3. The first-order valence-electron chi connectivity index (χ1n) is 8.57. The first-order chi connectivity index (χ1) is 12.2. The van der Waals surface area contributed by atoms with Crippen LogP contribution in [0.1, 0.15) is 40.5 Å². The van der Waals surface area contributed by atoms with Crippen molar-refractivity contribution in [2.45, 2.75) is 25.7 Å². The molecule has 25 heavy (non-hydrogen) atoms. The van der Waals surface area contributed by atoms with Gasteiger partial charge in [-0.3, -0.25) is 9.89 Å². The number of aromatic amines is 1. The highest BCUT2D eigenvalue weighted by atomic mass is 16.5. The van der Waals surface area contributed by atoms with E-state index in [1.807, 2.05) is 11.8 Å². The van der Waals surface area contributed by atoms with E-state index < -0.39 is 0 Å². The Labute approximate surface area is 147 Å². The maximum absolute atomic E-state index is 13.0. The Balaban J connectivity index is 1.72. The molecule has 0 unspecified atom stereocenters. The molecule has 7 heteroatoms. The number of carbonyl (C=O) groups excluding carboxylic acids is 1. The van der Waals surface area contributed by atoms with Gasteiger partial charge in [0, 0.05) is 38.0 Å². The van der Waals surface area contributed by atoms with Crippen LogP contribution in [0.3, 0.4) is 0 Å². The summed E-state index contributed by atoms with van der Waals surface area (Å²) in [6.45, 7) is 4.21.